The van der Waals surface area contributed by atoms with Gasteiger partial charge < -0.3 is 14.6 Å². The maximum absolute atomic E-state index is 11.7. The number of hydrogen-bond acceptors (Lipinski definition) is 4. The van der Waals surface area contributed by atoms with E-state index in [0.717, 1.165) is 11.1 Å². The minimum atomic E-state index is -0.480. The van der Waals surface area contributed by atoms with Crippen LogP contribution in [-0.4, -0.2) is 24.3 Å². The first kappa shape index (κ1) is 14.1. The number of phenols is 1. The summed E-state index contributed by atoms with van der Waals surface area (Å²) in [7, 11) is 0. The molecule has 0 saturated carbocycles. The number of benzene rings is 1. The van der Waals surface area contributed by atoms with Crippen LogP contribution in [0.1, 0.15) is 25.0 Å². The van der Waals surface area contributed by atoms with Crippen LogP contribution in [0.4, 0.5) is 0 Å². The first-order valence-electron chi connectivity index (χ1n) is 5.89. The van der Waals surface area contributed by atoms with Gasteiger partial charge >= 0.3 is 5.97 Å². The van der Waals surface area contributed by atoms with Gasteiger partial charge in [-0.3, -0.25) is 0 Å². The topological polar surface area (TPSA) is 55.8 Å². The highest BCUT2D eigenvalue weighted by Crippen LogP contribution is 2.19. The molecule has 1 aromatic rings. The molecule has 0 amide bonds. The Balaban J connectivity index is 3.03. The van der Waals surface area contributed by atoms with Crippen LogP contribution in [0.15, 0.2) is 24.0 Å². The van der Waals surface area contributed by atoms with Crippen molar-refractivity contribution >= 4 is 12.0 Å². The van der Waals surface area contributed by atoms with Gasteiger partial charge in [-0.05, 0) is 50.1 Å². The van der Waals surface area contributed by atoms with Gasteiger partial charge in [0, 0.05) is 0 Å². The Morgan fingerprint density at radius 1 is 1.28 bits per heavy atom. The lowest BCUT2D eigenvalue weighted by molar-refractivity contribution is -0.142. The molecule has 0 fully saturated rings. The Morgan fingerprint density at radius 2 is 1.94 bits per heavy atom. The SMILES string of the molecule is CCOC(=O)C(=Cc1ccc(O)cc1C)OCC. The summed E-state index contributed by atoms with van der Waals surface area (Å²) in [4.78, 5) is 11.7. The van der Waals surface area contributed by atoms with E-state index in [1.165, 1.54) is 0 Å². The highest BCUT2D eigenvalue weighted by atomic mass is 16.6. The summed E-state index contributed by atoms with van der Waals surface area (Å²) < 4.78 is 10.2. The van der Waals surface area contributed by atoms with Crippen molar-refractivity contribution < 1.29 is 19.4 Å². The summed E-state index contributed by atoms with van der Waals surface area (Å²) >= 11 is 0. The Morgan fingerprint density at radius 3 is 2.50 bits per heavy atom. The Labute approximate surface area is 107 Å². The van der Waals surface area contributed by atoms with Crippen molar-refractivity contribution in [3.63, 3.8) is 0 Å². The summed E-state index contributed by atoms with van der Waals surface area (Å²) in [5, 5.41) is 9.32. The summed E-state index contributed by atoms with van der Waals surface area (Å²) in [6.07, 6.45) is 1.62. The highest BCUT2D eigenvalue weighted by Gasteiger charge is 2.12. The van der Waals surface area contributed by atoms with Crippen molar-refractivity contribution in [2.75, 3.05) is 13.2 Å². The fourth-order valence-corrected chi connectivity index (χ4v) is 1.48. The van der Waals surface area contributed by atoms with Gasteiger partial charge in [0.2, 0.25) is 5.76 Å². The van der Waals surface area contributed by atoms with E-state index in [1.54, 1.807) is 38.1 Å². The van der Waals surface area contributed by atoms with E-state index in [2.05, 4.69) is 0 Å². The van der Waals surface area contributed by atoms with Crippen molar-refractivity contribution in [3.8, 4) is 5.75 Å². The van der Waals surface area contributed by atoms with E-state index >= 15 is 0 Å². The second kappa shape index (κ2) is 6.69. The Hall–Kier alpha value is -1.97. The van der Waals surface area contributed by atoms with Gasteiger partial charge in [-0.25, -0.2) is 4.79 Å². The largest absolute Gasteiger partial charge is 0.508 e. The molecule has 0 aliphatic heterocycles. The molecule has 0 unspecified atom stereocenters. The number of phenolic OH excluding ortho intramolecular Hbond substituents is 1. The maximum Gasteiger partial charge on any atom is 0.373 e. The number of esters is 1. The minimum absolute atomic E-state index is 0.174. The number of aryl methyl sites for hydroxylation is 1. The Bertz CT molecular complexity index is 449. The van der Waals surface area contributed by atoms with Crippen LogP contribution in [-0.2, 0) is 14.3 Å². The standard InChI is InChI=1S/C14H18O4/c1-4-17-13(14(16)18-5-2)9-11-6-7-12(15)8-10(11)3/h6-9,15H,4-5H2,1-3H3. The maximum atomic E-state index is 11.7. The van der Waals surface area contributed by atoms with Gasteiger partial charge in [0.1, 0.15) is 5.75 Å². The zero-order valence-corrected chi connectivity index (χ0v) is 10.9. The second-order valence-electron chi connectivity index (χ2n) is 3.70. The molecule has 18 heavy (non-hydrogen) atoms. The third-order valence-electron chi connectivity index (χ3n) is 2.32. The van der Waals surface area contributed by atoms with Crippen molar-refractivity contribution in [2.45, 2.75) is 20.8 Å². The van der Waals surface area contributed by atoms with Gasteiger partial charge in [0.25, 0.3) is 0 Å². The molecule has 4 nitrogen and oxygen atoms in total. The summed E-state index contributed by atoms with van der Waals surface area (Å²) in [5.41, 5.74) is 1.67. The van der Waals surface area contributed by atoms with E-state index < -0.39 is 5.97 Å². The molecule has 0 saturated heterocycles. The molecule has 0 radical (unpaired) electrons. The minimum Gasteiger partial charge on any atom is -0.508 e. The average molecular weight is 250 g/mol. The lowest BCUT2D eigenvalue weighted by Crippen LogP contribution is -2.10. The van der Waals surface area contributed by atoms with E-state index in [0.29, 0.717) is 13.2 Å². The first-order valence-corrected chi connectivity index (χ1v) is 5.89. The smallest absolute Gasteiger partial charge is 0.373 e. The molecule has 0 spiro atoms. The molecular formula is C14H18O4. The summed E-state index contributed by atoms with van der Waals surface area (Å²) in [6, 6.07) is 4.91. The number of hydrogen-bond donors (Lipinski definition) is 1. The second-order valence-corrected chi connectivity index (χ2v) is 3.70. The van der Waals surface area contributed by atoms with Gasteiger partial charge in [-0.1, -0.05) is 6.07 Å². The lowest BCUT2D eigenvalue weighted by Gasteiger charge is -2.08. The fraction of sp³-hybridized carbons (Fsp3) is 0.357. The number of carbonyl (C=O) groups excluding carboxylic acids is 1. The van der Waals surface area contributed by atoms with Gasteiger partial charge in [-0.2, -0.15) is 0 Å². The first-order chi connectivity index (χ1) is 8.58. The van der Waals surface area contributed by atoms with Gasteiger partial charge in [-0.15, -0.1) is 0 Å². The lowest BCUT2D eigenvalue weighted by atomic mass is 10.1. The molecule has 0 atom stereocenters. The summed E-state index contributed by atoms with van der Waals surface area (Å²) in [6.45, 7) is 6.09. The van der Waals surface area contributed by atoms with Crippen LogP contribution in [0.2, 0.25) is 0 Å². The molecular weight excluding hydrogens is 232 g/mol. The summed E-state index contributed by atoms with van der Waals surface area (Å²) in [5.74, 6) is -0.112. The fourth-order valence-electron chi connectivity index (χ4n) is 1.48. The molecule has 0 heterocycles. The molecule has 0 aliphatic rings. The molecule has 0 aromatic heterocycles. The van der Waals surface area contributed by atoms with Crippen molar-refractivity contribution in [1.82, 2.24) is 0 Å². The van der Waals surface area contributed by atoms with Crippen LogP contribution in [0.3, 0.4) is 0 Å². The quantitative estimate of drug-likeness (QED) is 0.496. The predicted octanol–water partition coefficient (Wildman–Crippen LogP) is 2.64. The van der Waals surface area contributed by atoms with E-state index in [4.69, 9.17) is 9.47 Å². The van der Waals surface area contributed by atoms with Crippen LogP contribution >= 0.6 is 0 Å². The number of aromatic hydroxyl groups is 1. The molecule has 1 aromatic carbocycles. The van der Waals surface area contributed by atoms with E-state index in [1.807, 2.05) is 6.92 Å². The normalized spacial score (nSPS) is 11.2. The van der Waals surface area contributed by atoms with Crippen molar-refractivity contribution in [3.05, 3.63) is 35.1 Å². The Kier molecular flexibility index (Phi) is 5.24. The van der Waals surface area contributed by atoms with Crippen molar-refractivity contribution in [1.29, 1.82) is 0 Å². The number of ether oxygens (including phenoxy) is 2. The molecule has 0 aliphatic carbocycles. The van der Waals surface area contributed by atoms with Crippen LogP contribution in [0, 0.1) is 6.92 Å². The van der Waals surface area contributed by atoms with Crippen LogP contribution in [0.25, 0.3) is 6.08 Å². The molecule has 98 valence electrons. The number of carbonyl (C=O) groups is 1. The third-order valence-corrected chi connectivity index (χ3v) is 2.32. The van der Waals surface area contributed by atoms with Gasteiger partial charge in [0.15, 0.2) is 0 Å². The highest BCUT2D eigenvalue weighted by molar-refractivity contribution is 5.91. The molecule has 4 heteroatoms. The average Bonchev–Trinajstić information content (AvgIpc) is 2.32. The van der Waals surface area contributed by atoms with Crippen LogP contribution < -0.4 is 0 Å². The van der Waals surface area contributed by atoms with E-state index in [9.17, 15) is 9.90 Å². The van der Waals surface area contributed by atoms with Gasteiger partial charge in [0.05, 0.1) is 13.2 Å². The third kappa shape index (κ3) is 3.80. The molecule has 1 rings (SSSR count). The zero-order valence-electron chi connectivity index (χ0n) is 10.9. The van der Waals surface area contributed by atoms with Crippen LogP contribution in [0.5, 0.6) is 5.75 Å². The molecule has 0 bridgehead atoms. The van der Waals surface area contributed by atoms with E-state index in [-0.39, 0.29) is 11.5 Å². The van der Waals surface area contributed by atoms with Crippen molar-refractivity contribution in [2.24, 2.45) is 0 Å². The molecule has 1 N–H and O–H groups in total. The monoisotopic (exact) mass is 250 g/mol. The predicted molar refractivity (Wildman–Crippen MR) is 69.1 cm³/mol. The zero-order chi connectivity index (χ0) is 13.5. The number of rotatable bonds is 5.